The molecule has 4 atom stereocenters. The number of rotatable bonds is 6. The molecule has 1 aromatic rings. The summed E-state index contributed by atoms with van der Waals surface area (Å²) in [5, 5.41) is 14.0. The Labute approximate surface area is 144 Å². The second-order valence-corrected chi connectivity index (χ2v) is 8.39. The van der Waals surface area contributed by atoms with E-state index in [2.05, 4.69) is 10.2 Å². The monoisotopic (exact) mass is 354 g/mol. The number of likely N-dealkylation sites (tertiary alicyclic amines) is 1. The zero-order chi connectivity index (χ0) is 17.5. The van der Waals surface area contributed by atoms with Crippen molar-refractivity contribution in [2.75, 3.05) is 13.1 Å². The average molecular weight is 354 g/mol. The molecule has 1 saturated heterocycles. The maximum Gasteiger partial charge on any atom is 0.307 e. The number of aliphatic carboxylic acids is 1. The van der Waals surface area contributed by atoms with Crippen molar-refractivity contribution in [3.8, 4) is 0 Å². The second kappa shape index (κ2) is 6.44. The summed E-state index contributed by atoms with van der Waals surface area (Å²) in [6.07, 6.45) is -0.474. The maximum absolute atomic E-state index is 13.8. The van der Waals surface area contributed by atoms with Crippen LogP contribution in [0.5, 0.6) is 0 Å². The van der Waals surface area contributed by atoms with Gasteiger partial charge in [-0.25, -0.2) is 4.39 Å². The first-order chi connectivity index (χ1) is 11.3. The molecule has 0 aromatic carbocycles. The van der Waals surface area contributed by atoms with Crippen molar-refractivity contribution in [3.63, 3.8) is 0 Å². The first-order valence-corrected chi connectivity index (χ1v) is 9.09. The Kier molecular flexibility index (Phi) is 4.66. The van der Waals surface area contributed by atoms with Gasteiger partial charge in [-0.05, 0) is 23.3 Å². The van der Waals surface area contributed by atoms with E-state index in [0.717, 1.165) is 0 Å². The van der Waals surface area contributed by atoms with Crippen LogP contribution in [-0.4, -0.2) is 47.2 Å². The van der Waals surface area contributed by atoms with E-state index < -0.39 is 29.4 Å². The molecule has 5 nitrogen and oxygen atoms in total. The van der Waals surface area contributed by atoms with Gasteiger partial charge in [0.05, 0.1) is 11.8 Å². The summed E-state index contributed by atoms with van der Waals surface area (Å²) in [4.78, 5) is 26.7. The van der Waals surface area contributed by atoms with Crippen molar-refractivity contribution in [1.29, 1.82) is 0 Å². The minimum absolute atomic E-state index is 0.0452. The first kappa shape index (κ1) is 17.4. The minimum atomic E-state index is -0.927. The van der Waals surface area contributed by atoms with E-state index in [-0.39, 0.29) is 11.9 Å². The Morgan fingerprint density at radius 2 is 2.21 bits per heavy atom. The van der Waals surface area contributed by atoms with Gasteiger partial charge in [-0.2, -0.15) is 0 Å². The first-order valence-electron chi connectivity index (χ1n) is 8.21. The molecule has 7 heteroatoms. The summed E-state index contributed by atoms with van der Waals surface area (Å²) in [7, 11) is 0. The molecule has 1 aromatic heterocycles. The van der Waals surface area contributed by atoms with Crippen LogP contribution in [0.25, 0.3) is 0 Å². The van der Waals surface area contributed by atoms with E-state index in [1.54, 1.807) is 25.2 Å². The molecule has 0 bridgehead atoms. The summed E-state index contributed by atoms with van der Waals surface area (Å²) < 4.78 is 13.8. The van der Waals surface area contributed by atoms with Gasteiger partial charge in [0.2, 0.25) is 5.91 Å². The molecule has 1 amide bonds. The molecule has 132 valence electrons. The van der Waals surface area contributed by atoms with Crippen LogP contribution < -0.4 is 5.32 Å². The van der Waals surface area contributed by atoms with Crippen LogP contribution in [0.4, 0.5) is 4.39 Å². The standard InChI is InChI=1S/C17H23FN2O3S/c1-17(2)13(14(17)16(22)23)15(21)19-7-11-6-10(18)8-20(11)9-12-4-3-5-24-12/h3-5,10-11,13-14H,6-9H2,1-2H3,(H,19,21)(H,22,23)/t10-,11-,13+,14-/m0/s1. The molecule has 2 heterocycles. The van der Waals surface area contributed by atoms with Crippen LogP contribution in [-0.2, 0) is 16.1 Å². The molecule has 2 N–H and O–H groups in total. The summed E-state index contributed by atoms with van der Waals surface area (Å²) >= 11 is 1.64. The number of nitrogens with zero attached hydrogens (tertiary/aromatic N) is 1. The number of thiophene rings is 1. The highest BCUT2D eigenvalue weighted by Crippen LogP contribution is 2.58. The van der Waals surface area contributed by atoms with Crippen LogP contribution in [0.15, 0.2) is 17.5 Å². The van der Waals surface area contributed by atoms with Crippen molar-refractivity contribution in [1.82, 2.24) is 10.2 Å². The van der Waals surface area contributed by atoms with Gasteiger partial charge in [0.1, 0.15) is 6.17 Å². The van der Waals surface area contributed by atoms with E-state index in [4.69, 9.17) is 0 Å². The quantitative estimate of drug-likeness (QED) is 0.821. The van der Waals surface area contributed by atoms with Gasteiger partial charge in [0, 0.05) is 30.6 Å². The number of carbonyl (C=O) groups is 2. The van der Waals surface area contributed by atoms with Crippen LogP contribution in [0.1, 0.15) is 25.1 Å². The molecule has 0 spiro atoms. The highest BCUT2D eigenvalue weighted by Gasteiger charge is 2.65. The van der Waals surface area contributed by atoms with Crippen LogP contribution in [0.2, 0.25) is 0 Å². The van der Waals surface area contributed by atoms with Crippen molar-refractivity contribution in [3.05, 3.63) is 22.4 Å². The second-order valence-electron chi connectivity index (χ2n) is 7.36. The Morgan fingerprint density at radius 1 is 1.46 bits per heavy atom. The summed E-state index contributed by atoms with van der Waals surface area (Å²) in [6.45, 7) is 5.03. The van der Waals surface area contributed by atoms with E-state index in [1.807, 2.05) is 17.5 Å². The molecular formula is C17H23FN2O3S. The van der Waals surface area contributed by atoms with Crippen molar-refractivity contribution < 1.29 is 19.1 Å². The number of carboxylic acids is 1. The predicted molar refractivity (Wildman–Crippen MR) is 89.4 cm³/mol. The predicted octanol–water partition coefficient (Wildman–Crippen LogP) is 2.13. The number of carboxylic acid groups (broad SMARTS) is 1. The fraction of sp³-hybridized carbons (Fsp3) is 0.647. The lowest BCUT2D eigenvalue weighted by molar-refractivity contribution is -0.140. The zero-order valence-corrected chi connectivity index (χ0v) is 14.7. The molecule has 1 saturated carbocycles. The van der Waals surface area contributed by atoms with Gasteiger partial charge in [0.15, 0.2) is 0 Å². The molecule has 24 heavy (non-hydrogen) atoms. The summed E-state index contributed by atoms with van der Waals surface area (Å²) in [5.41, 5.74) is -0.509. The Hall–Kier alpha value is -1.47. The van der Waals surface area contributed by atoms with Gasteiger partial charge >= 0.3 is 5.97 Å². The molecule has 2 aliphatic rings. The fourth-order valence-electron chi connectivity index (χ4n) is 3.85. The molecule has 1 aliphatic carbocycles. The van der Waals surface area contributed by atoms with Gasteiger partial charge < -0.3 is 10.4 Å². The number of amides is 1. The van der Waals surface area contributed by atoms with E-state index in [1.165, 1.54) is 4.88 Å². The lowest BCUT2D eigenvalue weighted by atomic mass is 10.1. The topological polar surface area (TPSA) is 69.6 Å². The highest BCUT2D eigenvalue weighted by molar-refractivity contribution is 7.09. The van der Waals surface area contributed by atoms with Crippen LogP contribution in [0.3, 0.4) is 0 Å². The van der Waals surface area contributed by atoms with Crippen LogP contribution >= 0.6 is 11.3 Å². The number of halogens is 1. The van der Waals surface area contributed by atoms with Crippen molar-refractivity contribution >= 4 is 23.2 Å². The van der Waals surface area contributed by atoms with Crippen molar-refractivity contribution in [2.45, 2.75) is 39.0 Å². The molecule has 2 fully saturated rings. The third-order valence-corrected chi connectivity index (χ3v) is 6.16. The van der Waals surface area contributed by atoms with E-state index in [9.17, 15) is 19.1 Å². The van der Waals surface area contributed by atoms with Gasteiger partial charge in [-0.15, -0.1) is 11.3 Å². The van der Waals surface area contributed by atoms with Gasteiger partial charge in [-0.1, -0.05) is 19.9 Å². The van der Waals surface area contributed by atoms with Crippen LogP contribution in [0, 0.1) is 17.3 Å². The largest absolute Gasteiger partial charge is 0.481 e. The molecule has 0 radical (unpaired) electrons. The molecule has 3 rings (SSSR count). The van der Waals surface area contributed by atoms with Gasteiger partial charge in [-0.3, -0.25) is 14.5 Å². The zero-order valence-electron chi connectivity index (χ0n) is 13.9. The SMILES string of the molecule is CC1(C)[C@H](C(=O)O)[C@@H]1C(=O)NC[C@@H]1C[C@H](F)CN1Cc1cccs1. The molecular weight excluding hydrogens is 331 g/mol. The molecule has 1 aliphatic heterocycles. The average Bonchev–Trinajstić information content (AvgIpc) is 2.87. The summed E-state index contributed by atoms with van der Waals surface area (Å²) in [6, 6.07) is 3.95. The maximum atomic E-state index is 13.8. The lowest BCUT2D eigenvalue weighted by Crippen LogP contribution is -2.40. The number of carbonyl (C=O) groups excluding carboxylic acids is 1. The Morgan fingerprint density at radius 3 is 2.79 bits per heavy atom. The Balaban J connectivity index is 1.55. The normalized spacial score (nSPS) is 31.8. The number of nitrogens with one attached hydrogen (secondary N) is 1. The number of hydrogen-bond acceptors (Lipinski definition) is 4. The number of alkyl halides is 1. The smallest absolute Gasteiger partial charge is 0.307 e. The van der Waals surface area contributed by atoms with Crippen molar-refractivity contribution in [2.24, 2.45) is 17.3 Å². The summed E-state index contributed by atoms with van der Waals surface area (Å²) in [5.74, 6) is -2.28. The van der Waals surface area contributed by atoms with E-state index >= 15 is 0 Å². The molecule has 0 unspecified atom stereocenters. The number of hydrogen-bond donors (Lipinski definition) is 2. The minimum Gasteiger partial charge on any atom is -0.481 e. The third kappa shape index (κ3) is 3.32. The highest BCUT2D eigenvalue weighted by atomic mass is 32.1. The lowest BCUT2D eigenvalue weighted by Gasteiger charge is -2.23. The van der Waals surface area contributed by atoms with E-state index in [0.29, 0.717) is 26.1 Å². The Bertz CT molecular complexity index is 619. The fourth-order valence-corrected chi connectivity index (χ4v) is 4.58. The van der Waals surface area contributed by atoms with Gasteiger partial charge in [0.25, 0.3) is 0 Å². The third-order valence-electron chi connectivity index (χ3n) is 5.30.